The van der Waals surface area contributed by atoms with Crippen LogP contribution >= 0.6 is 0 Å². The third kappa shape index (κ3) is 4.95. The van der Waals surface area contributed by atoms with Gasteiger partial charge in [0.25, 0.3) is 0 Å². The Morgan fingerprint density at radius 2 is 1.83 bits per heavy atom. The highest BCUT2D eigenvalue weighted by molar-refractivity contribution is 5.83. The molecule has 3 aliphatic heterocycles. The summed E-state index contributed by atoms with van der Waals surface area (Å²) in [5, 5.41) is 3.28. The fourth-order valence-electron chi connectivity index (χ4n) is 5.22. The number of carbonyl (C=O) groups excluding carboxylic acids is 1. The molecule has 1 spiro atoms. The highest BCUT2D eigenvalue weighted by atomic mass is 16.5. The van der Waals surface area contributed by atoms with Crippen LogP contribution in [0.2, 0.25) is 0 Å². The van der Waals surface area contributed by atoms with Crippen LogP contribution in [0.15, 0.2) is 24.3 Å². The van der Waals surface area contributed by atoms with E-state index in [9.17, 15) is 4.79 Å². The number of hydrogen-bond acceptors (Lipinski definition) is 4. The molecule has 0 saturated carbocycles. The number of aryl methyl sites for hydroxylation is 1. The molecular weight excluding hydrogens is 364 g/mol. The van der Waals surface area contributed by atoms with Crippen molar-refractivity contribution < 1.29 is 14.3 Å². The monoisotopic (exact) mass is 400 g/mol. The van der Waals surface area contributed by atoms with E-state index in [-0.39, 0.29) is 17.4 Å². The van der Waals surface area contributed by atoms with Gasteiger partial charge in [-0.05, 0) is 76.6 Å². The Bertz CT molecular complexity index is 678. The fraction of sp³-hybridized carbons (Fsp3) is 0.708. The van der Waals surface area contributed by atoms with Gasteiger partial charge in [-0.1, -0.05) is 24.6 Å². The molecule has 5 heteroatoms. The van der Waals surface area contributed by atoms with Gasteiger partial charge >= 0.3 is 0 Å². The molecular formula is C24H36N2O3. The summed E-state index contributed by atoms with van der Waals surface area (Å²) >= 11 is 0. The van der Waals surface area contributed by atoms with Crippen LogP contribution in [0, 0.1) is 5.41 Å². The number of piperidine rings is 1. The average Bonchev–Trinajstić information content (AvgIpc) is 2.76. The summed E-state index contributed by atoms with van der Waals surface area (Å²) in [7, 11) is 0. The first-order valence-corrected chi connectivity index (χ1v) is 11.5. The molecule has 3 heterocycles. The first-order chi connectivity index (χ1) is 14.2. The highest BCUT2D eigenvalue weighted by Gasteiger charge is 2.42. The minimum Gasteiger partial charge on any atom is -0.491 e. The van der Waals surface area contributed by atoms with E-state index < -0.39 is 0 Å². The molecule has 1 aromatic rings. The minimum atomic E-state index is -0.214. The van der Waals surface area contributed by atoms with E-state index in [1.807, 2.05) is 12.1 Å². The maximum absolute atomic E-state index is 13.3. The van der Waals surface area contributed by atoms with Crippen LogP contribution in [-0.4, -0.2) is 55.8 Å². The van der Waals surface area contributed by atoms with Crippen molar-refractivity contribution in [3.05, 3.63) is 29.8 Å². The van der Waals surface area contributed by atoms with Gasteiger partial charge in [-0.15, -0.1) is 0 Å². The normalized spacial score (nSPS) is 27.2. The Morgan fingerprint density at radius 1 is 1.07 bits per heavy atom. The van der Waals surface area contributed by atoms with Crippen LogP contribution in [0.4, 0.5) is 0 Å². The Balaban J connectivity index is 1.43. The van der Waals surface area contributed by atoms with Crippen LogP contribution in [0.5, 0.6) is 5.75 Å². The number of ether oxygens (including phenoxy) is 2. The number of nitrogens with one attached hydrogen (secondary N) is 1. The van der Waals surface area contributed by atoms with E-state index in [1.165, 1.54) is 5.56 Å². The van der Waals surface area contributed by atoms with E-state index in [2.05, 4.69) is 29.3 Å². The standard InChI is InChI=1S/C24H36N2O3/c1-19-18-29-22-8-3-2-6-20(22)7-4-5-11-24(23(27)25-19)12-14-26(15-13-24)21-9-16-28-17-10-21/h2-3,6,8,19,21H,4-5,7,9-18H2,1H3,(H,25,27)/t19-/m0/s1. The molecule has 0 radical (unpaired) electrons. The molecule has 160 valence electrons. The SMILES string of the molecule is C[C@H]1COc2ccccc2CCCCC2(CCN(C3CCOCC3)CC2)C(=O)N1. The van der Waals surface area contributed by atoms with Gasteiger partial charge in [-0.3, -0.25) is 4.79 Å². The molecule has 1 atom stereocenters. The van der Waals surface area contributed by atoms with Crippen molar-refractivity contribution >= 4 is 5.91 Å². The van der Waals surface area contributed by atoms with E-state index in [0.717, 1.165) is 83.4 Å². The molecule has 2 saturated heterocycles. The highest BCUT2D eigenvalue weighted by Crippen LogP contribution is 2.39. The van der Waals surface area contributed by atoms with Crippen molar-refractivity contribution in [2.45, 2.75) is 70.4 Å². The number of amides is 1. The lowest BCUT2D eigenvalue weighted by Crippen LogP contribution is -2.53. The van der Waals surface area contributed by atoms with Crippen LogP contribution in [0.3, 0.4) is 0 Å². The number of fused-ring (bicyclic) bond motifs is 1. The summed E-state index contributed by atoms with van der Waals surface area (Å²) in [5.41, 5.74) is 1.07. The Morgan fingerprint density at radius 3 is 2.62 bits per heavy atom. The first-order valence-electron chi connectivity index (χ1n) is 11.5. The van der Waals surface area contributed by atoms with Crippen molar-refractivity contribution in [3.63, 3.8) is 0 Å². The molecule has 3 aliphatic rings. The van der Waals surface area contributed by atoms with Gasteiger partial charge in [0.05, 0.1) is 11.5 Å². The molecule has 1 aromatic carbocycles. The predicted molar refractivity (Wildman–Crippen MR) is 114 cm³/mol. The molecule has 5 nitrogen and oxygen atoms in total. The topological polar surface area (TPSA) is 50.8 Å². The van der Waals surface area contributed by atoms with Gasteiger partial charge < -0.3 is 19.7 Å². The van der Waals surface area contributed by atoms with Crippen LogP contribution in [0.25, 0.3) is 0 Å². The number of hydrogen-bond donors (Lipinski definition) is 1. The molecule has 29 heavy (non-hydrogen) atoms. The zero-order valence-electron chi connectivity index (χ0n) is 17.8. The fourth-order valence-corrected chi connectivity index (χ4v) is 5.22. The molecule has 1 amide bonds. The molecule has 0 bridgehead atoms. The van der Waals surface area contributed by atoms with Crippen LogP contribution < -0.4 is 10.1 Å². The van der Waals surface area contributed by atoms with E-state index in [0.29, 0.717) is 12.6 Å². The van der Waals surface area contributed by atoms with Crippen LogP contribution in [0.1, 0.15) is 57.4 Å². The summed E-state index contributed by atoms with van der Waals surface area (Å²) < 4.78 is 11.6. The van der Waals surface area contributed by atoms with Gasteiger partial charge in [-0.25, -0.2) is 0 Å². The number of para-hydroxylation sites is 1. The second-order valence-corrected chi connectivity index (χ2v) is 9.16. The Labute approximate surface area is 175 Å². The number of rotatable bonds is 1. The molecule has 2 fully saturated rings. The number of nitrogens with zero attached hydrogens (tertiary/aromatic N) is 1. The van der Waals surface area contributed by atoms with Gasteiger partial charge in [0, 0.05) is 19.3 Å². The summed E-state index contributed by atoms with van der Waals surface area (Å²) in [4.78, 5) is 16.0. The van der Waals surface area contributed by atoms with Crippen molar-refractivity contribution in [2.75, 3.05) is 32.9 Å². The molecule has 4 rings (SSSR count). The summed E-state index contributed by atoms with van der Waals surface area (Å²) in [6, 6.07) is 8.98. The lowest BCUT2D eigenvalue weighted by atomic mass is 9.73. The number of likely N-dealkylation sites (tertiary alicyclic amines) is 1. The van der Waals surface area contributed by atoms with E-state index >= 15 is 0 Å². The zero-order valence-corrected chi connectivity index (χ0v) is 17.8. The van der Waals surface area contributed by atoms with E-state index in [4.69, 9.17) is 9.47 Å². The van der Waals surface area contributed by atoms with Crippen molar-refractivity contribution in [2.24, 2.45) is 5.41 Å². The second kappa shape index (κ2) is 9.48. The Hall–Kier alpha value is -1.59. The van der Waals surface area contributed by atoms with Gasteiger partial charge in [0.15, 0.2) is 0 Å². The van der Waals surface area contributed by atoms with Crippen LogP contribution in [-0.2, 0) is 16.0 Å². The number of carbonyl (C=O) groups is 1. The van der Waals surface area contributed by atoms with E-state index in [1.54, 1.807) is 0 Å². The first kappa shape index (κ1) is 20.7. The summed E-state index contributed by atoms with van der Waals surface area (Å²) in [6.07, 6.45) is 8.43. The second-order valence-electron chi connectivity index (χ2n) is 9.16. The molecule has 1 N–H and O–H groups in total. The maximum atomic E-state index is 13.3. The molecule has 0 aromatic heterocycles. The maximum Gasteiger partial charge on any atom is 0.226 e. The van der Waals surface area contributed by atoms with Gasteiger partial charge in [0.1, 0.15) is 12.4 Å². The van der Waals surface area contributed by atoms with Crippen molar-refractivity contribution in [1.82, 2.24) is 10.2 Å². The van der Waals surface area contributed by atoms with Crippen molar-refractivity contribution in [1.29, 1.82) is 0 Å². The molecule has 0 aliphatic carbocycles. The van der Waals surface area contributed by atoms with Gasteiger partial charge in [-0.2, -0.15) is 0 Å². The molecule has 0 unspecified atom stereocenters. The predicted octanol–water partition coefficient (Wildman–Crippen LogP) is 3.56. The Kier molecular flexibility index (Phi) is 6.76. The summed E-state index contributed by atoms with van der Waals surface area (Å²) in [5.74, 6) is 1.21. The quantitative estimate of drug-likeness (QED) is 0.783. The lowest BCUT2D eigenvalue weighted by Gasteiger charge is -2.45. The van der Waals surface area contributed by atoms with Crippen molar-refractivity contribution in [3.8, 4) is 5.75 Å². The largest absolute Gasteiger partial charge is 0.491 e. The average molecular weight is 401 g/mol. The van der Waals surface area contributed by atoms with Gasteiger partial charge in [0.2, 0.25) is 5.91 Å². The third-order valence-electron chi connectivity index (χ3n) is 7.13. The smallest absolute Gasteiger partial charge is 0.226 e. The third-order valence-corrected chi connectivity index (χ3v) is 7.13. The zero-order chi connectivity index (χ0) is 20.1. The minimum absolute atomic E-state index is 0.0142. The lowest BCUT2D eigenvalue weighted by molar-refractivity contribution is -0.136. The number of benzene rings is 1. The summed E-state index contributed by atoms with van der Waals surface area (Å²) in [6.45, 7) is 6.40.